The van der Waals surface area contributed by atoms with Crippen molar-refractivity contribution in [3.63, 3.8) is 0 Å². The summed E-state index contributed by atoms with van der Waals surface area (Å²) in [6.07, 6.45) is 0.735. The fourth-order valence-corrected chi connectivity index (χ4v) is 1.78. The second-order valence-corrected chi connectivity index (χ2v) is 5.05. The van der Waals surface area contributed by atoms with E-state index in [1.165, 1.54) is 18.7 Å². The molecule has 0 radical (unpaired) electrons. The van der Waals surface area contributed by atoms with Gasteiger partial charge < -0.3 is 10.4 Å². The Morgan fingerprint density at radius 2 is 2.19 bits per heavy atom. The molecular weight excluding hydrogens is 226 g/mol. The van der Waals surface area contributed by atoms with Crippen molar-refractivity contribution in [2.45, 2.75) is 20.3 Å². The normalized spacial score (nSPS) is 11.1. The number of amides is 1. The van der Waals surface area contributed by atoms with E-state index in [0.717, 1.165) is 6.42 Å². The minimum absolute atomic E-state index is 0.448. The van der Waals surface area contributed by atoms with Crippen LogP contribution in [-0.4, -0.2) is 23.5 Å². The zero-order valence-electron chi connectivity index (χ0n) is 9.32. The molecule has 16 heavy (non-hydrogen) atoms. The van der Waals surface area contributed by atoms with Crippen LogP contribution in [0.3, 0.4) is 0 Å². The van der Waals surface area contributed by atoms with Crippen molar-refractivity contribution in [1.82, 2.24) is 5.32 Å². The van der Waals surface area contributed by atoms with E-state index in [-0.39, 0.29) is 0 Å². The van der Waals surface area contributed by atoms with E-state index in [4.69, 9.17) is 5.11 Å². The van der Waals surface area contributed by atoms with Gasteiger partial charge >= 0.3 is 5.97 Å². The van der Waals surface area contributed by atoms with Gasteiger partial charge in [-0.2, -0.15) is 0 Å². The third-order valence-electron chi connectivity index (χ3n) is 2.34. The molecule has 0 saturated carbocycles. The number of carbonyl (C=O) groups excluding carboxylic acids is 1. The number of carbonyl (C=O) groups is 2. The fraction of sp³-hybridized carbons (Fsp3) is 0.455. The monoisotopic (exact) mass is 241 g/mol. The average molecular weight is 241 g/mol. The molecule has 1 aromatic heterocycles. The van der Waals surface area contributed by atoms with Crippen molar-refractivity contribution in [1.29, 1.82) is 0 Å². The summed E-state index contributed by atoms with van der Waals surface area (Å²) in [6, 6.07) is 3.93. The van der Waals surface area contributed by atoms with Crippen molar-refractivity contribution in [2.75, 3.05) is 6.54 Å². The third-order valence-corrected chi connectivity index (χ3v) is 3.28. The quantitative estimate of drug-likeness (QED) is 0.768. The SMILES string of the molecule is CC(C)(C(=O)O)C(=O)NCCc1cccs1. The average Bonchev–Trinajstić information content (AvgIpc) is 2.70. The summed E-state index contributed by atoms with van der Waals surface area (Å²) in [5.74, 6) is -1.56. The molecule has 1 amide bonds. The van der Waals surface area contributed by atoms with Gasteiger partial charge in [0.2, 0.25) is 5.91 Å². The van der Waals surface area contributed by atoms with Gasteiger partial charge in [0.25, 0.3) is 0 Å². The van der Waals surface area contributed by atoms with Gasteiger partial charge in [-0.05, 0) is 31.7 Å². The van der Waals surface area contributed by atoms with Gasteiger partial charge in [0.15, 0.2) is 0 Å². The molecule has 0 spiro atoms. The molecule has 1 aromatic rings. The molecule has 2 N–H and O–H groups in total. The number of hydrogen-bond donors (Lipinski definition) is 2. The van der Waals surface area contributed by atoms with Gasteiger partial charge in [-0.15, -0.1) is 11.3 Å². The van der Waals surface area contributed by atoms with Gasteiger partial charge in [-0.25, -0.2) is 0 Å². The van der Waals surface area contributed by atoms with Crippen LogP contribution in [0.1, 0.15) is 18.7 Å². The lowest BCUT2D eigenvalue weighted by molar-refractivity contribution is -0.153. The highest BCUT2D eigenvalue weighted by molar-refractivity contribution is 7.09. The van der Waals surface area contributed by atoms with Crippen LogP contribution in [0.2, 0.25) is 0 Å². The zero-order valence-corrected chi connectivity index (χ0v) is 10.1. The molecule has 0 unspecified atom stereocenters. The van der Waals surface area contributed by atoms with E-state index in [1.807, 2.05) is 17.5 Å². The first-order chi connectivity index (χ1) is 7.44. The number of hydrogen-bond acceptors (Lipinski definition) is 3. The van der Waals surface area contributed by atoms with E-state index in [2.05, 4.69) is 5.32 Å². The standard InChI is InChI=1S/C11H15NO3S/c1-11(2,10(14)15)9(13)12-6-5-8-4-3-7-16-8/h3-4,7H,5-6H2,1-2H3,(H,12,13)(H,14,15). The Morgan fingerprint density at radius 3 is 2.69 bits per heavy atom. The van der Waals surface area contributed by atoms with Gasteiger partial charge in [-0.1, -0.05) is 6.07 Å². The van der Waals surface area contributed by atoms with Gasteiger partial charge in [0.1, 0.15) is 5.41 Å². The summed E-state index contributed by atoms with van der Waals surface area (Å²) in [5.41, 5.74) is -1.37. The van der Waals surface area contributed by atoms with Crippen LogP contribution in [0.4, 0.5) is 0 Å². The van der Waals surface area contributed by atoms with Crippen LogP contribution in [0.5, 0.6) is 0 Å². The molecule has 0 aliphatic carbocycles. The molecule has 0 aliphatic heterocycles. The molecule has 5 heteroatoms. The fourth-order valence-electron chi connectivity index (χ4n) is 1.07. The highest BCUT2D eigenvalue weighted by Crippen LogP contribution is 2.15. The Labute approximate surface area is 98.3 Å². The van der Waals surface area contributed by atoms with E-state index in [9.17, 15) is 9.59 Å². The predicted octanol–water partition coefficient (Wildman–Crippen LogP) is 1.52. The van der Waals surface area contributed by atoms with Crippen LogP contribution in [0.25, 0.3) is 0 Å². The topological polar surface area (TPSA) is 66.4 Å². The lowest BCUT2D eigenvalue weighted by Crippen LogP contribution is -2.42. The van der Waals surface area contributed by atoms with Crippen molar-refractivity contribution in [3.8, 4) is 0 Å². The first-order valence-electron chi connectivity index (χ1n) is 4.98. The van der Waals surface area contributed by atoms with Gasteiger partial charge in [0, 0.05) is 11.4 Å². The molecule has 0 saturated heterocycles. The van der Waals surface area contributed by atoms with E-state index in [0.29, 0.717) is 6.54 Å². The molecule has 0 bridgehead atoms. The van der Waals surface area contributed by atoms with E-state index >= 15 is 0 Å². The maximum Gasteiger partial charge on any atom is 0.318 e. The number of aliphatic carboxylic acids is 1. The van der Waals surface area contributed by atoms with Crippen LogP contribution < -0.4 is 5.32 Å². The largest absolute Gasteiger partial charge is 0.480 e. The highest BCUT2D eigenvalue weighted by atomic mass is 32.1. The number of nitrogens with one attached hydrogen (secondary N) is 1. The van der Waals surface area contributed by atoms with Gasteiger partial charge in [0.05, 0.1) is 0 Å². The van der Waals surface area contributed by atoms with Crippen LogP contribution in [-0.2, 0) is 16.0 Å². The summed E-state index contributed by atoms with van der Waals surface area (Å²) in [6.45, 7) is 3.27. The first-order valence-corrected chi connectivity index (χ1v) is 5.86. The summed E-state index contributed by atoms with van der Waals surface area (Å²) in [7, 11) is 0. The summed E-state index contributed by atoms with van der Waals surface area (Å²) in [5, 5.41) is 13.4. The molecule has 0 fully saturated rings. The van der Waals surface area contributed by atoms with Crippen molar-refractivity contribution in [3.05, 3.63) is 22.4 Å². The van der Waals surface area contributed by atoms with Crippen molar-refractivity contribution in [2.24, 2.45) is 5.41 Å². The molecule has 1 rings (SSSR count). The van der Waals surface area contributed by atoms with E-state index < -0.39 is 17.3 Å². The predicted molar refractivity (Wildman–Crippen MR) is 62.4 cm³/mol. The molecule has 0 atom stereocenters. The van der Waals surface area contributed by atoms with Gasteiger partial charge in [-0.3, -0.25) is 9.59 Å². The van der Waals surface area contributed by atoms with Crippen LogP contribution >= 0.6 is 11.3 Å². The second kappa shape index (κ2) is 5.12. The molecule has 0 aliphatic rings. The number of thiophene rings is 1. The second-order valence-electron chi connectivity index (χ2n) is 4.02. The maximum absolute atomic E-state index is 11.5. The summed E-state index contributed by atoms with van der Waals surface area (Å²) < 4.78 is 0. The van der Waals surface area contributed by atoms with E-state index in [1.54, 1.807) is 11.3 Å². The van der Waals surface area contributed by atoms with Crippen molar-refractivity contribution >= 4 is 23.2 Å². The summed E-state index contributed by atoms with van der Waals surface area (Å²) >= 11 is 1.62. The number of carboxylic acid groups (broad SMARTS) is 1. The molecular formula is C11H15NO3S. The minimum atomic E-state index is -1.37. The lowest BCUT2D eigenvalue weighted by Gasteiger charge is -2.18. The lowest BCUT2D eigenvalue weighted by atomic mass is 9.93. The molecule has 1 heterocycles. The Kier molecular flexibility index (Phi) is 4.06. The number of rotatable bonds is 5. The first kappa shape index (κ1) is 12.7. The smallest absolute Gasteiger partial charge is 0.318 e. The Bertz CT molecular complexity index is 371. The molecule has 4 nitrogen and oxygen atoms in total. The summed E-state index contributed by atoms with van der Waals surface area (Å²) in [4.78, 5) is 23.5. The minimum Gasteiger partial charge on any atom is -0.480 e. The molecule has 0 aromatic carbocycles. The third kappa shape index (κ3) is 3.06. The van der Waals surface area contributed by atoms with Crippen LogP contribution in [0.15, 0.2) is 17.5 Å². The highest BCUT2D eigenvalue weighted by Gasteiger charge is 2.35. The zero-order chi connectivity index (χ0) is 12.2. The Hall–Kier alpha value is -1.36. The van der Waals surface area contributed by atoms with Crippen molar-refractivity contribution < 1.29 is 14.7 Å². The molecule has 88 valence electrons. The maximum atomic E-state index is 11.5. The Morgan fingerprint density at radius 1 is 1.50 bits per heavy atom. The van der Waals surface area contributed by atoms with Crippen LogP contribution in [0, 0.1) is 5.41 Å². The Balaban J connectivity index is 2.39. The number of carboxylic acids is 1.